The summed E-state index contributed by atoms with van der Waals surface area (Å²) >= 11 is 2.01. The van der Waals surface area contributed by atoms with Gasteiger partial charge in [0.25, 0.3) is 0 Å². The van der Waals surface area contributed by atoms with Crippen LogP contribution in [0.5, 0.6) is 0 Å². The van der Waals surface area contributed by atoms with Crippen molar-refractivity contribution >= 4 is 50.4 Å². The van der Waals surface area contributed by atoms with Gasteiger partial charge in [-0.05, 0) is 122 Å². The highest BCUT2D eigenvalue weighted by Crippen LogP contribution is 2.71. The lowest BCUT2D eigenvalue weighted by Gasteiger charge is -2.38. The Labute approximate surface area is 333 Å². The van der Waals surface area contributed by atoms with Crippen LogP contribution in [0.3, 0.4) is 0 Å². The van der Waals surface area contributed by atoms with Crippen molar-refractivity contribution < 1.29 is 0 Å². The van der Waals surface area contributed by atoms with E-state index in [4.69, 9.17) is 0 Å². The average Bonchev–Trinajstić information content (AvgIpc) is 4.20. The fourth-order valence-electron chi connectivity index (χ4n) is 10.3. The highest BCUT2D eigenvalue weighted by atomic mass is 32.2. The summed E-state index contributed by atoms with van der Waals surface area (Å²) in [5.74, 6) is 1.65. The van der Waals surface area contributed by atoms with Gasteiger partial charge in [-0.15, -0.1) is 0 Å². The molecule has 0 N–H and O–H groups in total. The Bertz CT molecular complexity index is 2910. The molecule has 2 fully saturated rings. The third-order valence-corrected chi connectivity index (χ3v) is 14.4. The third kappa shape index (κ3) is 5.16. The summed E-state index contributed by atoms with van der Waals surface area (Å²) in [7, 11) is 0. The molecule has 12 rings (SSSR count). The standard InChI is InChI=1S/C54H41NS/c1-33(39-28-38-18-10-11-21-41(38)43(29-39)36-15-4-2-5-16-36)42(27-34-24-25-35-14-8-9-17-37(35)26-34)48-32-50-54(53-47-31-45(47)44-30-46(44)52(48)53)56-51-23-13-12-22-49(51)55(50)40-19-6-3-7-20-40/h2-26,28-29,32-33,42,46-47H,27,30-31H2,1H3. The van der Waals surface area contributed by atoms with Crippen LogP contribution < -0.4 is 4.90 Å². The van der Waals surface area contributed by atoms with E-state index in [0.717, 1.165) is 6.42 Å². The molecule has 268 valence electrons. The molecule has 2 heteroatoms. The van der Waals surface area contributed by atoms with Crippen LogP contribution in [0, 0.1) is 0 Å². The van der Waals surface area contributed by atoms with Gasteiger partial charge in [-0.25, -0.2) is 0 Å². The maximum atomic E-state index is 2.66. The Morgan fingerprint density at radius 3 is 2.09 bits per heavy atom. The SMILES string of the molecule is CC(c1cc(-c2ccccc2)c2ccccc2c1)C(Cc1ccc2ccccc2c1)c1cc2c(c3c1C1CC1=C1CC13)Sc1ccccc1N2c1ccccc1. The number of anilines is 3. The largest absolute Gasteiger partial charge is 0.308 e. The summed E-state index contributed by atoms with van der Waals surface area (Å²) in [5, 5.41) is 5.25. The van der Waals surface area contributed by atoms with Crippen LogP contribution in [0.1, 0.15) is 71.3 Å². The predicted octanol–water partition coefficient (Wildman–Crippen LogP) is 15.0. The Kier molecular flexibility index (Phi) is 7.29. The van der Waals surface area contributed by atoms with E-state index in [-0.39, 0.29) is 11.8 Å². The minimum Gasteiger partial charge on any atom is -0.308 e. The molecule has 2 saturated carbocycles. The van der Waals surface area contributed by atoms with Crippen molar-refractivity contribution in [1.82, 2.24) is 0 Å². The van der Waals surface area contributed by atoms with Crippen LogP contribution in [0.25, 0.3) is 32.7 Å². The Hall–Kier alpha value is -5.83. The first-order valence-electron chi connectivity index (χ1n) is 20.3. The number of hydrogen-bond donors (Lipinski definition) is 0. The number of fused-ring (bicyclic) bond motifs is 10. The molecule has 0 spiro atoms. The maximum Gasteiger partial charge on any atom is 0.0607 e. The van der Waals surface area contributed by atoms with Gasteiger partial charge in [0.2, 0.25) is 0 Å². The first-order valence-corrected chi connectivity index (χ1v) is 21.1. The minimum atomic E-state index is 0.260. The van der Waals surface area contributed by atoms with Crippen molar-refractivity contribution in [3.63, 3.8) is 0 Å². The van der Waals surface area contributed by atoms with Gasteiger partial charge in [0.1, 0.15) is 0 Å². The van der Waals surface area contributed by atoms with Gasteiger partial charge in [0.05, 0.1) is 11.4 Å². The summed E-state index contributed by atoms with van der Waals surface area (Å²) in [4.78, 5) is 5.39. The fourth-order valence-corrected chi connectivity index (χ4v) is 11.5. The molecular formula is C54H41NS. The summed E-state index contributed by atoms with van der Waals surface area (Å²) in [6.07, 6.45) is 3.45. The van der Waals surface area contributed by atoms with Crippen molar-refractivity contribution in [3.8, 4) is 11.1 Å². The topological polar surface area (TPSA) is 3.24 Å². The molecule has 4 aliphatic rings. The molecule has 1 heterocycles. The molecule has 1 nitrogen and oxygen atoms in total. The van der Waals surface area contributed by atoms with E-state index in [9.17, 15) is 0 Å². The van der Waals surface area contributed by atoms with Crippen LogP contribution in [0.4, 0.5) is 17.1 Å². The van der Waals surface area contributed by atoms with E-state index in [1.807, 2.05) is 11.8 Å². The monoisotopic (exact) mass is 735 g/mol. The van der Waals surface area contributed by atoms with Gasteiger partial charge in [0.15, 0.2) is 0 Å². The van der Waals surface area contributed by atoms with Gasteiger partial charge >= 0.3 is 0 Å². The van der Waals surface area contributed by atoms with Crippen molar-refractivity contribution in [2.45, 2.75) is 59.6 Å². The Balaban J connectivity index is 1.10. The number of para-hydroxylation sites is 2. The zero-order valence-electron chi connectivity index (χ0n) is 31.5. The zero-order valence-corrected chi connectivity index (χ0v) is 32.3. The lowest BCUT2D eigenvalue weighted by atomic mass is 9.74. The predicted molar refractivity (Wildman–Crippen MR) is 235 cm³/mol. The number of nitrogens with zero attached hydrogens (tertiary/aromatic N) is 1. The van der Waals surface area contributed by atoms with Gasteiger partial charge in [-0.1, -0.05) is 169 Å². The molecule has 8 aromatic rings. The molecular weight excluding hydrogens is 695 g/mol. The van der Waals surface area contributed by atoms with Crippen LogP contribution >= 0.6 is 11.8 Å². The van der Waals surface area contributed by atoms with E-state index in [0.29, 0.717) is 11.8 Å². The van der Waals surface area contributed by atoms with Crippen LogP contribution in [0.2, 0.25) is 0 Å². The first-order chi connectivity index (χ1) is 27.7. The average molecular weight is 736 g/mol. The highest BCUT2D eigenvalue weighted by Gasteiger charge is 2.53. The molecule has 4 atom stereocenters. The van der Waals surface area contributed by atoms with E-state index in [1.54, 1.807) is 27.8 Å². The Morgan fingerprint density at radius 2 is 1.27 bits per heavy atom. The molecule has 0 saturated heterocycles. The molecule has 8 aromatic carbocycles. The second-order valence-corrected chi connectivity index (χ2v) is 17.4. The molecule has 0 radical (unpaired) electrons. The summed E-state index contributed by atoms with van der Waals surface area (Å²) in [6, 6.07) is 63.8. The number of rotatable bonds is 7. The summed E-state index contributed by atoms with van der Waals surface area (Å²) < 4.78 is 0. The first kappa shape index (κ1) is 32.4. The molecule has 56 heavy (non-hydrogen) atoms. The van der Waals surface area contributed by atoms with Crippen molar-refractivity contribution in [2.24, 2.45) is 0 Å². The number of benzene rings is 8. The minimum absolute atomic E-state index is 0.260. The fraction of sp³-hybridized carbons (Fsp3) is 0.148. The summed E-state index contributed by atoms with van der Waals surface area (Å²) in [6.45, 7) is 2.52. The maximum absolute atomic E-state index is 2.66. The molecule has 4 unspecified atom stereocenters. The molecule has 0 bridgehead atoms. The van der Waals surface area contributed by atoms with E-state index >= 15 is 0 Å². The third-order valence-electron chi connectivity index (χ3n) is 13.2. The lowest BCUT2D eigenvalue weighted by molar-refractivity contribution is 0.567. The highest BCUT2D eigenvalue weighted by molar-refractivity contribution is 7.99. The van der Waals surface area contributed by atoms with Crippen molar-refractivity contribution in [3.05, 3.63) is 209 Å². The molecule has 1 aliphatic heterocycles. The number of hydrogen-bond acceptors (Lipinski definition) is 2. The van der Waals surface area contributed by atoms with E-state index in [1.165, 1.54) is 83.5 Å². The van der Waals surface area contributed by atoms with Gasteiger partial charge in [0, 0.05) is 27.3 Å². The molecule has 0 amide bonds. The second kappa shape index (κ2) is 12.6. The lowest BCUT2D eigenvalue weighted by Crippen LogP contribution is -2.20. The van der Waals surface area contributed by atoms with Gasteiger partial charge in [-0.2, -0.15) is 0 Å². The Morgan fingerprint density at radius 1 is 0.589 bits per heavy atom. The van der Waals surface area contributed by atoms with Gasteiger partial charge in [-0.3, -0.25) is 0 Å². The van der Waals surface area contributed by atoms with E-state index in [2.05, 4.69) is 182 Å². The molecule has 0 aromatic heterocycles. The quantitative estimate of drug-likeness (QED) is 0.150. The van der Waals surface area contributed by atoms with E-state index < -0.39 is 0 Å². The van der Waals surface area contributed by atoms with Crippen LogP contribution in [-0.4, -0.2) is 0 Å². The molecule has 3 aliphatic carbocycles. The number of allylic oxidation sites excluding steroid dienone is 2. The van der Waals surface area contributed by atoms with Crippen LogP contribution in [-0.2, 0) is 6.42 Å². The zero-order chi connectivity index (χ0) is 36.9. The van der Waals surface area contributed by atoms with Crippen molar-refractivity contribution in [2.75, 3.05) is 4.90 Å². The van der Waals surface area contributed by atoms with Crippen molar-refractivity contribution in [1.29, 1.82) is 0 Å². The van der Waals surface area contributed by atoms with Gasteiger partial charge < -0.3 is 4.90 Å². The summed E-state index contributed by atoms with van der Waals surface area (Å²) in [5.41, 5.74) is 17.6. The normalized spacial score (nSPS) is 18.4. The van der Waals surface area contributed by atoms with Crippen LogP contribution in [0.15, 0.2) is 191 Å². The second-order valence-electron chi connectivity index (χ2n) is 16.4. The smallest absolute Gasteiger partial charge is 0.0607 e.